The average Bonchev–Trinajstić information content (AvgIpc) is 1.38. The van der Waals surface area contributed by atoms with Gasteiger partial charge in [-0.15, -0.1) is 0 Å². The van der Waals surface area contributed by atoms with E-state index in [0.717, 1.165) is 0 Å². The van der Waals surface area contributed by atoms with Crippen LogP contribution >= 0.6 is 0 Å². The van der Waals surface area contributed by atoms with Gasteiger partial charge in [-0.05, 0) is 6.92 Å². The Morgan fingerprint density at radius 2 is 2.20 bits per heavy atom. The van der Waals surface area contributed by atoms with Crippen molar-refractivity contribution in [1.82, 2.24) is 0 Å². The minimum Gasteiger partial charge on any atom is -0.328 e. The van der Waals surface area contributed by atoms with E-state index in [4.69, 9.17) is 5.73 Å². The molecule has 0 aromatic carbocycles. The first kappa shape index (κ1) is 4.92. The zero-order valence-electron chi connectivity index (χ0n) is 3.27. The quantitative estimate of drug-likeness (QED) is 0.458. The van der Waals surface area contributed by atoms with E-state index in [0.29, 0.717) is 0 Å². The molecule has 0 amide bonds. The lowest BCUT2D eigenvalue weighted by Crippen LogP contribution is -2.12. The lowest BCUT2D eigenvalue weighted by atomic mass is 10.4. The first-order valence-electron chi connectivity index (χ1n) is 1.63. The van der Waals surface area contributed by atoms with Crippen molar-refractivity contribution in [2.24, 2.45) is 5.73 Å². The Bertz CT molecular complexity index is 20.9. The van der Waals surface area contributed by atoms with Crippen LogP contribution in [0.1, 0.15) is 6.92 Å². The van der Waals surface area contributed by atoms with Crippen molar-refractivity contribution in [3.8, 4) is 0 Å². The zero-order valence-corrected chi connectivity index (χ0v) is 3.27. The van der Waals surface area contributed by atoms with Crippen molar-refractivity contribution in [2.75, 3.05) is 6.54 Å². The molecule has 5 heavy (non-hydrogen) atoms. The molecular formula is C3H8NO. The maximum absolute atomic E-state index is 9.77. The van der Waals surface area contributed by atoms with E-state index in [-0.39, 0.29) is 6.54 Å². The molecule has 0 heterocycles. The molecule has 0 aliphatic rings. The normalized spacial score (nSPS) is 15.0. The highest BCUT2D eigenvalue weighted by Crippen LogP contribution is 1.67. The maximum atomic E-state index is 9.77. The third kappa shape index (κ3) is 3.92. The molecule has 0 aliphatic heterocycles. The summed E-state index contributed by atoms with van der Waals surface area (Å²) in [7, 11) is 0. The number of hydrogen-bond acceptors (Lipinski definition) is 1. The molecule has 31 valence electrons. The van der Waals surface area contributed by atoms with Gasteiger partial charge in [-0.1, -0.05) is 0 Å². The van der Waals surface area contributed by atoms with Crippen LogP contribution in [0, 0.1) is 0 Å². The van der Waals surface area contributed by atoms with Gasteiger partial charge in [-0.3, -0.25) is 0 Å². The molecule has 0 fully saturated rings. The van der Waals surface area contributed by atoms with E-state index in [9.17, 15) is 5.11 Å². The fraction of sp³-hybridized carbons (Fsp3) is 1.00. The monoisotopic (exact) mass is 74.1 g/mol. The highest BCUT2D eigenvalue weighted by molar-refractivity contribution is 4.39. The summed E-state index contributed by atoms with van der Waals surface area (Å²) in [4.78, 5) is 0. The van der Waals surface area contributed by atoms with Crippen LogP contribution in [0.2, 0.25) is 0 Å². The third-order valence-corrected chi connectivity index (χ3v) is 0.332. The smallest absolute Gasteiger partial charge is 0.102 e. The van der Waals surface area contributed by atoms with E-state index >= 15 is 0 Å². The summed E-state index contributed by atoms with van der Waals surface area (Å²) in [6.45, 7) is 1.79. The molecule has 2 heteroatoms. The second kappa shape index (κ2) is 2.18. The molecule has 0 spiro atoms. The van der Waals surface area contributed by atoms with E-state index in [1.54, 1.807) is 6.92 Å². The molecule has 0 aromatic rings. The zero-order chi connectivity index (χ0) is 4.28. The van der Waals surface area contributed by atoms with Crippen molar-refractivity contribution in [3.63, 3.8) is 0 Å². The first-order chi connectivity index (χ1) is 2.27. The Hall–Kier alpha value is -0.0800. The molecule has 1 unspecified atom stereocenters. The fourth-order valence-electron chi connectivity index (χ4n) is 0. The molecule has 2 N–H and O–H groups in total. The highest BCUT2D eigenvalue weighted by Gasteiger charge is 1.85. The van der Waals surface area contributed by atoms with Crippen LogP contribution in [-0.4, -0.2) is 12.6 Å². The van der Waals surface area contributed by atoms with Crippen molar-refractivity contribution in [1.29, 1.82) is 0 Å². The first-order valence-corrected chi connectivity index (χ1v) is 1.63. The van der Waals surface area contributed by atoms with E-state index in [1.807, 2.05) is 0 Å². The number of hydrogen-bond donors (Lipinski definition) is 1. The van der Waals surface area contributed by atoms with Gasteiger partial charge in [0, 0.05) is 6.54 Å². The highest BCUT2D eigenvalue weighted by atomic mass is 16.3. The van der Waals surface area contributed by atoms with Gasteiger partial charge in [0.1, 0.15) is 6.10 Å². The van der Waals surface area contributed by atoms with Gasteiger partial charge in [-0.2, -0.15) is 0 Å². The standard InChI is InChI=1S/C3H8NO/c1-3(5)2-4/h3H,2,4H2,1H3. The van der Waals surface area contributed by atoms with Crippen LogP contribution in [-0.2, 0) is 5.11 Å². The van der Waals surface area contributed by atoms with Crippen molar-refractivity contribution in [3.05, 3.63) is 0 Å². The Morgan fingerprint density at radius 3 is 2.20 bits per heavy atom. The molecular weight excluding hydrogens is 66.0 g/mol. The van der Waals surface area contributed by atoms with Gasteiger partial charge in [0.15, 0.2) is 0 Å². The molecule has 2 nitrogen and oxygen atoms in total. The van der Waals surface area contributed by atoms with E-state index < -0.39 is 6.10 Å². The van der Waals surface area contributed by atoms with Gasteiger partial charge in [-0.25, -0.2) is 5.11 Å². The van der Waals surface area contributed by atoms with Crippen LogP contribution in [0.4, 0.5) is 0 Å². The van der Waals surface area contributed by atoms with Gasteiger partial charge < -0.3 is 5.73 Å². The predicted molar refractivity (Wildman–Crippen MR) is 19.2 cm³/mol. The summed E-state index contributed by atoms with van der Waals surface area (Å²) >= 11 is 0. The molecule has 0 saturated carbocycles. The Morgan fingerprint density at radius 1 is 2.00 bits per heavy atom. The minimum atomic E-state index is -0.588. The SMILES string of the molecule is CC([O])CN. The van der Waals surface area contributed by atoms with E-state index in [1.165, 1.54) is 0 Å². The maximum Gasteiger partial charge on any atom is 0.102 e. The second-order valence-electron chi connectivity index (χ2n) is 1.05. The molecule has 0 aromatic heterocycles. The predicted octanol–water partition coefficient (Wildman–Crippen LogP) is -0.236. The minimum absolute atomic E-state index is 0.250. The van der Waals surface area contributed by atoms with Crippen LogP contribution in [0.5, 0.6) is 0 Å². The van der Waals surface area contributed by atoms with Crippen LogP contribution < -0.4 is 5.73 Å². The molecule has 0 saturated heterocycles. The lowest BCUT2D eigenvalue weighted by molar-refractivity contribution is 0.113. The lowest BCUT2D eigenvalue weighted by Gasteiger charge is -1.86. The summed E-state index contributed by atoms with van der Waals surface area (Å²) < 4.78 is 0. The van der Waals surface area contributed by atoms with Gasteiger partial charge in [0.25, 0.3) is 0 Å². The molecule has 1 atom stereocenters. The summed E-state index contributed by atoms with van der Waals surface area (Å²) in [6, 6.07) is 0. The van der Waals surface area contributed by atoms with Crippen molar-refractivity contribution < 1.29 is 5.11 Å². The fourth-order valence-corrected chi connectivity index (χ4v) is 0. The topological polar surface area (TPSA) is 45.9 Å². The van der Waals surface area contributed by atoms with Crippen molar-refractivity contribution >= 4 is 0 Å². The molecule has 1 radical (unpaired) electrons. The van der Waals surface area contributed by atoms with Crippen molar-refractivity contribution in [2.45, 2.75) is 13.0 Å². The Kier molecular flexibility index (Phi) is 2.14. The Labute approximate surface area is 31.6 Å². The summed E-state index contributed by atoms with van der Waals surface area (Å²) in [5, 5.41) is 9.77. The number of nitrogens with two attached hydrogens (primary N) is 1. The van der Waals surface area contributed by atoms with Crippen LogP contribution in [0.15, 0.2) is 0 Å². The molecule has 0 rings (SSSR count). The van der Waals surface area contributed by atoms with Gasteiger partial charge in [0.2, 0.25) is 0 Å². The molecule has 0 aliphatic carbocycles. The second-order valence-corrected chi connectivity index (χ2v) is 1.05. The van der Waals surface area contributed by atoms with Gasteiger partial charge in [0.05, 0.1) is 0 Å². The van der Waals surface area contributed by atoms with Gasteiger partial charge >= 0.3 is 0 Å². The largest absolute Gasteiger partial charge is 0.328 e. The van der Waals surface area contributed by atoms with Crippen LogP contribution in [0.3, 0.4) is 0 Å². The van der Waals surface area contributed by atoms with Crippen LogP contribution in [0.25, 0.3) is 0 Å². The summed E-state index contributed by atoms with van der Waals surface area (Å²) in [5.41, 5.74) is 4.86. The number of rotatable bonds is 1. The van der Waals surface area contributed by atoms with E-state index in [2.05, 4.69) is 0 Å². The average molecular weight is 74.1 g/mol. The Balaban J connectivity index is 2.54. The summed E-state index contributed by atoms with van der Waals surface area (Å²) in [5.74, 6) is 0. The summed E-state index contributed by atoms with van der Waals surface area (Å²) in [6.07, 6.45) is -0.588. The third-order valence-electron chi connectivity index (χ3n) is 0.332. The molecule has 0 bridgehead atoms.